The Morgan fingerprint density at radius 1 is 1.69 bits per heavy atom. The van der Waals surface area contributed by atoms with Crippen molar-refractivity contribution in [3.05, 3.63) is 34.2 Å². The highest BCUT2D eigenvalue weighted by Gasteiger charge is 2.26. The van der Waals surface area contributed by atoms with E-state index in [1.807, 2.05) is 19.1 Å². The molecule has 0 bridgehead atoms. The highest BCUT2D eigenvalue weighted by Crippen LogP contribution is 2.31. The molecule has 86 valence electrons. The zero-order valence-corrected chi connectivity index (χ0v) is 8.92. The van der Waals surface area contributed by atoms with E-state index in [1.54, 1.807) is 0 Å². The van der Waals surface area contributed by atoms with E-state index in [0.717, 1.165) is 12.8 Å². The van der Waals surface area contributed by atoms with Crippen LogP contribution in [0, 0.1) is 10.1 Å². The highest BCUT2D eigenvalue weighted by atomic mass is 16.6. The molecule has 1 aromatic heterocycles. The summed E-state index contributed by atoms with van der Waals surface area (Å²) in [4.78, 5) is 10.3. The van der Waals surface area contributed by atoms with Crippen LogP contribution in [0.2, 0.25) is 0 Å². The summed E-state index contributed by atoms with van der Waals surface area (Å²) in [7, 11) is 0. The summed E-state index contributed by atoms with van der Waals surface area (Å²) in [6.45, 7) is 1.91. The first-order valence-electron chi connectivity index (χ1n) is 5.18. The molecular weight excluding hydrogens is 210 g/mol. The molecule has 0 amide bonds. The summed E-state index contributed by atoms with van der Waals surface area (Å²) < 4.78 is 5.68. The molecule has 0 aliphatic carbocycles. The number of nitrogens with zero attached hydrogens (tertiary/aromatic N) is 2. The van der Waals surface area contributed by atoms with Crippen molar-refractivity contribution < 1.29 is 9.66 Å². The van der Waals surface area contributed by atoms with Gasteiger partial charge in [-0.25, -0.2) is 0 Å². The maximum atomic E-state index is 10.8. The molecule has 1 aromatic rings. The SMILES string of the molecule is C[C@H]1C=CCC[C@@H](c2[nH]ncc2[N+](=O)[O-])O1. The maximum absolute atomic E-state index is 10.8. The minimum atomic E-state index is -0.439. The zero-order valence-electron chi connectivity index (χ0n) is 8.92. The van der Waals surface area contributed by atoms with E-state index in [0.29, 0.717) is 5.69 Å². The Bertz CT molecular complexity index is 413. The molecule has 6 nitrogen and oxygen atoms in total. The predicted octanol–water partition coefficient (Wildman–Crippen LogP) is 2.11. The molecule has 2 rings (SSSR count). The second kappa shape index (κ2) is 4.44. The summed E-state index contributed by atoms with van der Waals surface area (Å²) >= 11 is 0. The number of aromatic amines is 1. The van der Waals surface area contributed by atoms with Gasteiger partial charge in [0.1, 0.15) is 18.0 Å². The fourth-order valence-corrected chi connectivity index (χ4v) is 1.79. The minimum Gasteiger partial charge on any atom is -0.365 e. The van der Waals surface area contributed by atoms with Crippen LogP contribution in [0.5, 0.6) is 0 Å². The quantitative estimate of drug-likeness (QED) is 0.473. The van der Waals surface area contributed by atoms with Crippen LogP contribution in [0.3, 0.4) is 0 Å². The standard InChI is InChI=1S/C10H13N3O3/c1-7-4-2-3-5-9(16-7)10-8(13(14)15)6-11-12-10/h2,4,6-7,9H,3,5H2,1H3,(H,11,12)/t7-,9-/m0/s1. The Labute approximate surface area is 92.5 Å². The average molecular weight is 223 g/mol. The third-order valence-corrected chi connectivity index (χ3v) is 2.55. The lowest BCUT2D eigenvalue weighted by Crippen LogP contribution is -2.11. The topological polar surface area (TPSA) is 81.0 Å². The van der Waals surface area contributed by atoms with Gasteiger partial charge in [-0.15, -0.1) is 0 Å². The third kappa shape index (κ3) is 2.11. The van der Waals surface area contributed by atoms with Gasteiger partial charge in [0.2, 0.25) is 0 Å². The van der Waals surface area contributed by atoms with E-state index in [-0.39, 0.29) is 17.9 Å². The monoisotopic (exact) mass is 223 g/mol. The Balaban J connectivity index is 2.23. The Hall–Kier alpha value is -1.69. The molecular formula is C10H13N3O3. The van der Waals surface area contributed by atoms with Gasteiger partial charge in [0.05, 0.1) is 11.0 Å². The molecule has 1 aliphatic rings. The van der Waals surface area contributed by atoms with Crippen LogP contribution < -0.4 is 0 Å². The van der Waals surface area contributed by atoms with Crippen molar-refractivity contribution in [2.45, 2.75) is 32.0 Å². The van der Waals surface area contributed by atoms with Gasteiger partial charge in [0, 0.05) is 0 Å². The van der Waals surface area contributed by atoms with Crippen molar-refractivity contribution in [1.29, 1.82) is 0 Å². The predicted molar refractivity (Wildman–Crippen MR) is 56.9 cm³/mol. The number of hydrogen-bond donors (Lipinski definition) is 1. The van der Waals surface area contributed by atoms with Crippen molar-refractivity contribution in [3.63, 3.8) is 0 Å². The van der Waals surface area contributed by atoms with Gasteiger partial charge in [-0.1, -0.05) is 12.2 Å². The lowest BCUT2D eigenvalue weighted by Gasteiger charge is -2.16. The largest absolute Gasteiger partial charge is 0.365 e. The second-order valence-corrected chi connectivity index (χ2v) is 3.76. The molecule has 0 aromatic carbocycles. The lowest BCUT2D eigenvalue weighted by atomic mass is 10.1. The van der Waals surface area contributed by atoms with Crippen molar-refractivity contribution in [3.8, 4) is 0 Å². The Morgan fingerprint density at radius 2 is 2.50 bits per heavy atom. The fraction of sp³-hybridized carbons (Fsp3) is 0.500. The van der Waals surface area contributed by atoms with Crippen molar-refractivity contribution in [1.82, 2.24) is 10.2 Å². The van der Waals surface area contributed by atoms with E-state index in [1.165, 1.54) is 6.20 Å². The maximum Gasteiger partial charge on any atom is 0.312 e. The summed E-state index contributed by atoms with van der Waals surface area (Å²) in [5.74, 6) is 0. The van der Waals surface area contributed by atoms with E-state index in [9.17, 15) is 10.1 Å². The van der Waals surface area contributed by atoms with Gasteiger partial charge >= 0.3 is 5.69 Å². The number of allylic oxidation sites excluding steroid dienone is 1. The van der Waals surface area contributed by atoms with Crippen LogP contribution in [0.1, 0.15) is 31.6 Å². The molecule has 1 N–H and O–H groups in total. The van der Waals surface area contributed by atoms with Gasteiger partial charge in [-0.3, -0.25) is 15.2 Å². The number of H-pyrrole nitrogens is 1. The highest BCUT2D eigenvalue weighted by molar-refractivity contribution is 5.33. The number of rotatable bonds is 2. The van der Waals surface area contributed by atoms with E-state index in [4.69, 9.17) is 4.74 Å². The molecule has 2 atom stereocenters. The van der Waals surface area contributed by atoms with Crippen LogP contribution in [-0.4, -0.2) is 21.2 Å². The number of nitrogens with one attached hydrogen (secondary N) is 1. The average Bonchev–Trinajstić information content (AvgIpc) is 2.62. The molecule has 2 heterocycles. The molecule has 1 aliphatic heterocycles. The van der Waals surface area contributed by atoms with Gasteiger partial charge in [-0.05, 0) is 19.8 Å². The molecule has 0 saturated carbocycles. The third-order valence-electron chi connectivity index (χ3n) is 2.55. The van der Waals surface area contributed by atoms with Gasteiger partial charge in [-0.2, -0.15) is 5.10 Å². The Morgan fingerprint density at radius 3 is 3.25 bits per heavy atom. The minimum absolute atomic E-state index is 0.000833. The van der Waals surface area contributed by atoms with E-state index >= 15 is 0 Å². The lowest BCUT2D eigenvalue weighted by molar-refractivity contribution is -0.386. The number of ether oxygens (including phenoxy) is 1. The van der Waals surface area contributed by atoms with Crippen LogP contribution in [0.25, 0.3) is 0 Å². The van der Waals surface area contributed by atoms with E-state index in [2.05, 4.69) is 10.2 Å². The number of nitro groups is 1. The summed E-state index contributed by atoms with van der Waals surface area (Å²) in [6, 6.07) is 0. The van der Waals surface area contributed by atoms with Crippen molar-refractivity contribution >= 4 is 5.69 Å². The normalized spacial score (nSPS) is 25.3. The smallest absolute Gasteiger partial charge is 0.312 e. The molecule has 0 unspecified atom stereocenters. The number of aromatic nitrogens is 2. The molecule has 0 radical (unpaired) electrons. The van der Waals surface area contributed by atoms with Crippen molar-refractivity contribution in [2.24, 2.45) is 0 Å². The first kappa shape index (κ1) is 10.8. The summed E-state index contributed by atoms with van der Waals surface area (Å²) in [5.41, 5.74) is 0.458. The van der Waals surface area contributed by atoms with Gasteiger partial charge < -0.3 is 4.74 Å². The van der Waals surface area contributed by atoms with Gasteiger partial charge in [0.15, 0.2) is 0 Å². The molecule has 0 fully saturated rings. The summed E-state index contributed by atoms with van der Waals surface area (Å²) in [5, 5.41) is 17.1. The summed E-state index contributed by atoms with van der Waals surface area (Å²) in [6.07, 6.45) is 6.48. The van der Waals surface area contributed by atoms with Crippen LogP contribution in [0.4, 0.5) is 5.69 Å². The first-order chi connectivity index (χ1) is 7.68. The first-order valence-corrected chi connectivity index (χ1v) is 5.18. The van der Waals surface area contributed by atoms with Crippen LogP contribution in [0.15, 0.2) is 18.3 Å². The number of hydrogen-bond acceptors (Lipinski definition) is 4. The molecule has 16 heavy (non-hydrogen) atoms. The molecule has 6 heteroatoms. The second-order valence-electron chi connectivity index (χ2n) is 3.76. The van der Waals surface area contributed by atoms with Crippen molar-refractivity contribution in [2.75, 3.05) is 0 Å². The van der Waals surface area contributed by atoms with Crippen LogP contribution in [-0.2, 0) is 4.74 Å². The van der Waals surface area contributed by atoms with Gasteiger partial charge in [0.25, 0.3) is 0 Å². The molecule has 0 spiro atoms. The fourth-order valence-electron chi connectivity index (χ4n) is 1.79. The van der Waals surface area contributed by atoms with Crippen LogP contribution >= 0.6 is 0 Å². The zero-order chi connectivity index (χ0) is 11.5. The Kier molecular flexibility index (Phi) is 3.00. The molecule has 0 saturated heterocycles. The van der Waals surface area contributed by atoms with E-state index < -0.39 is 4.92 Å².